The predicted molar refractivity (Wildman–Crippen MR) is 171 cm³/mol. The number of nitrogens with zero attached hydrogens (tertiary/aromatic N) is 3. The highest BCUT2D eigenvalue weighted by atomic mass is 16.5. The maximum Gasteiger partial charge on any atom is 0.343 e. The Morgan fingerprint density at radius 1 is 1.07 bits per heavy atom. The van der Waals surface area contributed by atoms with Gasteiger partial charge in [0.1, 0.15) is 17.1 Å². The van der Waals surface area contributed by atoms with Crippen LogP contribution in [0, 0.1) is 17.2 Å². The molecule has 43 heavy (non-hydrogen) atoms. The summed E-state index contributed by atoms with van der Waals surface area (Å²) < 4.78 is 7.39. The van der Waals surface area contributed by atoms with Crippen LogP contribution in [0.1, 0.15) is 84.5 Å². The molecular formula is C35H45N5O3. The largest absolute Gasteiger partial charge is 0.462 e. The van der Waals surface area contributed by atoms with Gasteiger partial charge in [-0.1, -0.05) is 63.6 Å². The molecule has 3 aromatic rings. The third kappa shape index (κ3) is 7.72. The number of carbonyl (C=O) groups is 2. The zero-order chi connectivity index (χ0) is 30.2. The summed E-state index contributed by atoms with van der Waals surface area (Å²) in [6, 6.07) is 13.6. The first-order valence-corrected chi connectivity index (χ1v) is 16.1. The maximum atomic E-state index is 14.1. The molecule has 2 aliphatic carbocycles. The highest BCUT2D eigenvalue weighted by molar-refractivity contribution is 6.21. The zero-order valence-electron chi connectivity index (χ0n) is 25.6. The van der Waals surface area contributed by atoms with Gasteiger partial charge in [-0.15, -0.1) is 0 Å². The number of amidine groups is 1. The molecule has 5 rings (SSSR count). The third-order valence-electron chi connectivity index (χ3n) is 8.70. The van der Waals surface area contributed by atoms with Crippen molar-refractivity contribution < 1.29 is 14.3 Å². The molecule has 2 fully saturated rings. The van der Waals surface area contributed by atoms with Crippen molar-refractivity contribution in [3.8, 4) is 11.3 Å². The molecule has 1 unspecified atom stereocenters. The number of pyridine rings is 1. The minimum atomic E-state index is -0.597. The number of anilines is 1. The number of ether oxygens (including phenoxy) is 1. The number of imidazole rings is 1. The van der Waals surface area contributed by atoms with Crippen LogP contribution in [0.4, 0.5) is 5.69 Å². The Bertz CT molecular complexity index is 1400. The topological polar surface area (TPSA) is 99.8 Å². The van der Waals surface area contributed by atoms with Crippen LogP contribution in [-0.2, 0) is 14.3 Å². The second-order valence-corrected chi connectivity index (χ2v) is 11.9. The van der Waals surface area contributed by atoms with E-state index in [9.17, 15) is 15.0 Å². The van der Waals surface area contributed by atoms with E-state index >= 15 is 0 Å². The van der Waals surface area contributed by atoms with Crippen LogP contribution in [-0.4, -0.2) is 44.6 Å². The molecule has 0 aliphatic heterocycles. The minimum absolute atomic E-state index is 0.00838. The average Bonchev–Trinajstić information content (AvgIpc) is 3.76. The number of hydrogen-bond donors (Lipinski definition) is 2. The van der Waals surface area contributed by atoms with E-state index in [2.05, 4.69) is 12.2 Å². The van der Waals surface area contributed by atoms with E-state index < -0.39 is 5.97 Å². The number of amides is 1. The predicted octanol–water partition coefficient (Wildman–Crippen LogP) is 7.61. The Kier molecular flexibility index (Phi) is 10.3. The van der Waals surface area contributed by atoms with Gasteiger partial charge in [0.25, 0.3) is 0 Å². The van der Waals surface area contributed by atoms with Crippen molar-refractivity contribution in [1.82, 2.24) is 14.3 Å². The number of benzene rings is 1. The summed E-state index contributed by atoms with van der Waals surface area (Å²) in [5.41, 5.74) is 3.55. The first-order chi connectivity index (χ1) is 21.0. The highest BCUT2D eigenvalue weighted by Crippen LogP contribution is 2.36. The monoisotopic (exact) mass is 583 g/mol. The normalized spacial score (nSPS) is 16.6. The summed E-state index contributed by atoms with van der Waals surface area (Å²) in [5.74, 6) is -0.0355. The number of carbonyl (C=O) groups excluding carboxylic acids is 2. The Hall–Kier alpha value is -3.94. The van der Waals surface area contributed by atoms with Gasteiger partial charge in [0.15, 0.2) is 0 Å². The number of aromatic nitrogens is 2. The Morgan fingerprint density at radius 3 is 2.51 bits per heavy atom. The number of hydrogen-bond acceptors (Lipinski definition) is 6. The first kappa shape index (κ1) is 30.5. The zero-order valence-corrected chi connectivity index (χ0v) is 25.6. The van der Waals surface area contributed by atoms with E-state index in [4.69, 9.17) is 9.72 Å². The van der Waals surface area contributed by atoms with Crippen molar-refractivity contribution in [2.45, 2.75) is 90.5 Å². The molecule has 2 aromatic heterocycles. The van der Waals surface area contributed by atoms with Crippen LogP contribution in [0.5, 0.6) is 0 Å². The van der Waals surface area contributed by atoms with Crippen LogP contribution in [0.2, 0.25) is 0 Å². The molecule has 228 valence electrons. The van der Waals surface area contributed by atoms with E-state index in [0.29, 0.717) is 0 Å². The molecule has 0 radical (unpaired) electrons. The van der Waals surface area contributed by atoms with Crippen molar-refractivity contribution in [2.75, 3.05) is 11.9 Å². The van der Waals surface area contributed by atoms with Gasteiger partial charge in [-0.25, -0.2) is 9.78 Å². The van der Waals surface area contributed by atoms with Gasteiger partial charge >= 0.3 is 5.97 Å². The van der Waals surface area contributed by atoms with Crippen molar-refractivity contribution in [3.05, 3.63) is 66.6 Å². The second-order valence-electron chi connectivity index (χ2n) is 11.9. The summed E-state index contributed by atoms with van der Waals surface area (Å²) in [4.78, 5) is 33.7. The fourth-order valence-electron chi connectivity index (χ4n) is 6.12. The lowest BCUT2D eigenvalue weighted by molar-refractivity contribution is -0.138. The van der Waals surface area contributed by atoms with Crippen LogP contribution in [0.25, 0.3) is 16.9 Å². The summed E-state index contributed by atoms with van der Waals surface area (Å²) in [7, 11) is 0. The number of fused-ring (bicyclic) bond motifs is 1. The third-order valence-corrected chi connectivity index (χ3v) is 8.70. The molecule has 1 aromatic carbocycles. The molecule has 8 heteroatoms. The highest BCUT2D eigenvalue weighted by Gasteiger charge is 2.36. The molecule has 2 saturated carbocycles. The van der Waals surface area contributed by atoms with Crippen LogP contribution in [0.15, 0.2) is 66.6 Å². The smallest absolute Gasteiger partial charge is 0.343 e. The fraction of sp³-hybridized carbons (Fsp3) is 0.486. The molecule has 2 N–H and O–H groups in total. The van der Waals surface area contributed by atoms with Gasteiger partial charge in [0.05, 0.1) is 12.3 Å². The minimum Gasteiger partial charge on any atom is -0.462 e. The standard InChI is InChI=1S/C35H45N5O3/c1-3-10-29(21-16-25-14-15-25)40(34(41)27-11-6-5-7-12-27)33(36)30(35(42)43-4-2)23-37-28-19-17-26(18-20-28)31-24-39-22-9-8-13-32(39)38-31/h8-9,13,17-20,22-25,27,29,36-37H,3-7,10-12,14-16,21H2,1-2H3/b30-23+,36-33?. The number of esters is 1. The van der Waals surface area contributed by atoms with E-state index in [0.717, 1.165) is 86.3 Å². The van der Waals surface area contributed by atoms with Crippen LogP contribution in [0.3, 0.4) is 0 Å². The quantitative estimate of drug-likeness (QED) is 0.0934. The molecule has 2 heterocycles. The second kappa shape index (κ2) is 14.5. The summed E-state index contributed by atoms with van der Waals surface area (Å²) >= 11 is 0. The van der Waals surface area contributed by atoms with Gasteiger partial charge < -0.3 is 14.5 Å². The Labute approximate surface area is 255 Å². The lowest BCUT2D eigenvalue weighted by atomic mass is 9.87. The molecule has 1 atom stereocenters. The summed E-state index contributed by atoms with van der Waals surface area (Å²) in [5, 5.41) is 12.5. The fourth-order valence-corrected chi connectivity index (χ4v) is 6.12. The van der Waals surface area contributed by atoms with Crippen LogP contribution < -0.4 is 5.32 Å². The molecular weight excluding hydrogens is 538 g/mol. The van der Waals surface area contributed by atoms with Crippen molar-refractivity contribution >= 4 is 29.0 Å². The van der Waals surface area contributed by atoms with E-state index in [1.54, 1.807) is 11.8 Å². The van der Waals surface area contributed by atoms with Gasteiger partial charge in [0.2, 0.25) is 5.91 Å². The molecule has 8 nitrogen and oxygen atoms in total. The Morgan fingerprint density at radius 2 is 1.84 bits per heavy atom. The lowest BCUT2D eigenvalue weighted by Crippen LogP contribution is -2.49. The number of rotatable bonds is 13. The van der Waals surface area contributed by atoms with Gasteiger partial charge in [-0.3, -0.25) is 15.1 Å². The van der Waals surface area contributed by atoms with Crippen molar-refractivity contribution in [3.63, 3.8) is 0 Å². The molecule has 1 amide bonds. The molecule has 0 saturated heterocycles. The van der Waals surface area contributed by atoms with Gasteiger partial charge in [-0.2, -0.15) is 0 Å². The summed E-state index contributed by atoms with van der Waals surface area (Å²) in [6.07, 6.45) is 16.5. The Balaban J connectivity index is 1.40. The molecule has 0 spiro atoms. The first-order valence-electron chi connectivity index (χ1n) is 16.1. The van der Waals surface area contributed by atoms with E-state index in [1.807, 2.05) is 59.3 Å². The lowest BCUT2D eigenvalue weighted by Gasteiger charge is -2.36. The summed E-state index contributed by atoms with van der Waals surface area (Å²) in [6.45, 7) is 4.06. The SMILES string of the molecule is CCCC(CCC1CC1)N(C(=N)/C(=C\Nc1ccc(-c2cn3ccccc3n2)cc1)C(=O)OCC)C(=O)C1CCCCC1. The molecule has 2 aliphatic rings. The maximum absolute atomic E-state index is 14.1. The average molecular weight is 584 g/mol. The van der Waals surface area contributed by atoms with Crippen molar-refractivity contribution in [1.29, 1.82) is 5.41 Å². The van der Waals surface area contributed by atoms with Gasteiger partial charge in [0, 0.05) is 41.8 Å². The molecule has 0 bridgehead atoms. The van der Waals surface area contributed by atoms with Crippen molar-refractivity contribution in [2.24, 2.45) is 11.8 Å². The van der Waals surface area contributed by atoms with E-state index in [-0.39, 0.29) is 35.9 Å². The number of nitrogens with one attached hydrogen (secondary N) is 2. The van der Waals surface area contributed by atoms with E-state index in [1.165, 1.54) is 19.0 Å². The van der Waals surface area contributed by atoms with Crippen LogP contribution >= 0.6 is 0 Å². The van der Waals surface area contributed by atoms with Gasteiger partial charge in [-0.05, 0) is 69.2 Å².